The number of hydrogen-bond donors (Lipinski definition) is 3. The highest BCUT2D eigenvalue weighted by Gasteiger charge is 2.31. The van der Waals surface area contributed by atoms with Crippen molar-refractivity contribution in [2.45, 2.75) is 65.5 Å². The Balaban J connectivity index is 1.61. The van der Waals surface area contributed by atoms with E-state index in [1.165, 1.54) is 11.3 Å². The summed E-state index contributed by atoms with van der Waals surface area (Å²) >= 11 is 1.39. The number of nitrogens with two attached hydrogens (primary N) is 1. The Morgan fingerprint density at radius 1 is 1.19 bits per heavy atom. The van der Waals surface area contributed by atoms with Crippen molar-refractivity contribution in [3.05, 3.63) is 16.0 Å². The van der Waals surface area contributed by atoms with Gasteiger partial charge in [-0.15, -0.1) is 11.3 Å². The Morgan fingerprint density at radius 3 is 2.50 bits per heavy atom. The highest BCUT2D eigenvalue weighted by Crippen LogP contribution is 2.38. The van der Waals surface area contributed by atoms with Crippen molar-refractivity contribution < 1.29 is 14.3 Å². The van der Waals surface area contributed by atoms with E-state index in [-0.39, 0.29) is 12.1 Å². The van der Waals surface area contributed by atoms with Gasteiger partial charge in [0.1, 0.15) is 5.00 Å². The molecule has 0 atom stereocenters. The summed E-state index contributed by atoms with van der Waals surface area (Å²) in [5, 5.41) is 6.45. The molecule has 0 saturated heterocycles. The Labute approximate surface area is 158 Å². The normalized spacial score (nSPS) is 23.2. The highest BCUT2D eigenvalue weighted by molar-refractivity contribution is 7.17. The van der Waals surface area contributed by atoms with Crippen molar-refractivity contribution in [3.8, 4) is 0 Å². The van der Waals surface area contributed by atoms with Gasteiger partial charge in [0.2, 0.25) is 0 Å². The monoisotopic (exact) mass is 379 g/mol. The van der Waals surface area contributed by atoms with Crippen LogP contribution >= 0.6 is 11.3 Å². The number of fused-ring (bicyclic) bond motifs is 1. The number of anilines is 1. The molecule has 1 aromatic rings. The number of nitrogens with one attached hydrogen (secondary N) is 2. The third kappa shape index (κ3) is 4.20. The van der Waals surface area contributed by atoms with Crippen molar-refractivity contribution in [1.82, 2.24) is 5.32 Å². The second kappa shape index (κ2) is 7.56. The lowest BCUT2D eigenvalue weighted by Gasteiger charge is -2.37. The minimum atomic E-state index is -0.495. The van der Waals surface area contributed by atoms with Crippen molar-refractivity contribution in [2.75, 3.05) is 11.9 Å². The number of hydrogen-bond acceptors (Lipinski definition) is 4. The quantitative estimate of drug-likeness (QED) is 0.748. The molecule has 0 bridgehead atoms. The molecular formula is C19H29N3O3S. The van der Waals surface area contributed by atoms with Crippen LogP contribution in [0.1, 0.15) is 67.3 Å². The summed E-state index contributed by atoms with van der Waals surface area (Å²) in [6.07, 6.45) is 4.90. The predicted octanol–water partition coefficient (Wildman–Crippen LogP) is 3.65. The molecule has 26 heavy (non-hydrogen) atoms. The van der Waals surface area contributed by atoms with Crippen LogP contribution in [-0.2, 0) is 17.8 Å². The van der Waals surface area contributed by atoms with Gasteiger partial charge in [0.05, 0.1) is 18.8 Å². The molecule has 144 valence electrons. The lowest BCUT2D eigenvalue weighted by molar-refractivity contribution is 0.0991. The molecule has 0 unspecified atom stereocenters. The average molecular weight is 380 g/mol. The second-order valence-electron chi connectivity index (χ2n) is 8.39. The molecule has 2 heterocycles. The van der Waals surface area contributed by atoms with E-state index in [0.717, 1.165) is 36.1 Å². The first-order valence-electron chi connectivity index (χ1n) is 9.35. The summed E-state index contributed by atoms with van der Waals surface area (Å²) in [6.45, 7) is 7.90. The largest absolute Gasteiger partial charge is 0.376 e. The molecule has 0 radical (unpaired) electrons. The third-order valence-corrected chi connectivity index (χ3v) is 6.70. The fourth-order valence-corrected chi connectivity index (χ4v) is 5.19. The first kappa shape index (κ1) is 19.2. The molecule has 1 fully saturated rings. The molecule has 3 rings (SSSR count). The molecule has 7 heteroatoms. The van der Waals surface area contributed by atoms with E-state index in [9.17, 15) is 9.59 Å². The van der Waals surface area contributed by atoms with Crippen LogP contribution in [0.25, 0.3) is 0 Å². The molecule has 4 N–H and O–H groups in total. The lowest BCUT2D eigenvalue weighted by Crippen LogP contribution is -2.41. The van der Waals surface area contributed by atoms with Crippen LogP contribution < -0.4 is 16.4 Å². The van der Waals surface area contributed by atoms with Crippen LogP contribution in [0.5, 0.6) is 0 Å². The zero-order chi connectivity index (χ0) is 18.9. The van der Waals surface area contributed by atoms with Crippen LogP contribution in [0.15, 0.2) is 0 Å². The van der Waals surface area contributed by atoms with Crippen molar-refractivity contribution in [2.24, 2.45) is 17.1 Å². The molecule has 1 saturated carbocycles. The molecule has 0 spiro atoms. The predicted molar refractivity (Wildman–Crippen MR) is 104 cm³/mol. The van der Waals surface area contributed by atoms with Crippen LogP contribution in [0.2, 0.25) is 0 Å². The van der Waals surface area contributed by atoms with Gasteiger partial charge in [-0.1, -0.05) is 20.8 Å². The van der Waals surface area contributed by atoms with Gasteiger partial charge in [-0.25, -0.2) is 4.79 Å². The Morgan fingerprint density at radius 2 is 1.88 bits per heavy atom. The molecule has 6 nitrogen and oxygen atoms in total. The summed E-state index contributed by atoms with van der Waals surface area (Å²) < 4.78 is 5.44. The number of ether oxygens (including phenoxy) is 1. The van der Waals surface area contributed by atoms with Crippen LogP contribution in [0.3, 0.4) is 0 Å². The molecule has 0 aromatic carbocycles. The van der Waals surface area contributed by atoms with Crippen LogP contribution in [-0.4, -0.2) is 24.6 Å². The topological polar surface area (TPSA) is 93.5 Å². The Hall–Kier alpha value is -1.60. The van der Waals surface area contributed by atoms with Gasteiger partial charge in [-0.2, -0.15) is 0 Å². The van der Waals surface area contributed by atoms with E-state index in [4.69, 9.17) is 10.5 Å². The van der Waals surface area contributed by atoms with Gasteiger partial charge >= 0.3 is 6.03 Å². The maximum absolute atomic E-state index is 12.4. The fourth-order valence-electron chi connectivity index (χ4n) is 4.01. The number of carbonyl (C=O) groups is 2. The van der Waals surface area contributed by atoms with Gasteiger partial charge in [0.15, 0.2) is 0 Å². The van der Waals surface area contributed by atoms with E-state index >= 15 is 0 Å². The van der Waals surface area contributed by atoms with Crippen LogP contribution in [0.4, 0.5) is 9.80 Å². The van der Waals surface area contributed by atoms with Crippen molar-refractivity contribution >= 4 is 28.3 Å². The zero-order valence-corrected chi connectivity index (χ0v) is 16.6. The number of thiophene rings is 1. The lowest BCUT2D eigenvalue weighted by atomic mass is 9.71. The van der Waals surface area contributed by atoms with Gasteiger partial charge in [0, 0.05) is 10.9 Å². The number of urea groups is 1. The average Bonchev–Trinajstić information content (AvgIpc) is 2.92. The highest BCUT2D eigenvalue weighted by atomic mass is 32.1. The first-order valence-corrected chi connectivity index (χ1v) is 10.2. The summed E-state index contributed by atoms with van der Waals surface area (Å²) in [5.74, 6) is 0.208. The summed E-state index contributed by atoms with van der Waals surface area (Å²) in [6, 6.07) is -0.0743. The molecule has 1 aliphatic carbocycles. The van der Waals surface area contributed by atoms with E-state index in [0.29, 0.717) is 41.5 Å². The number of amides is 3. The maximum Gasteiger partial charge on any atom is 0.320 e. The molecule has 3 amide bonds. The molecular weight excluding hydrogens is 350 g/mol. The van der Waals surface area contributed by atoms with E-state index in [1.807, 2.05) is 0 Å². The SMILES string of the molecule is CC(C)(C)C1CCC(NC(=O)Nc2sc3c(c2C(N)=O)CCOC3)CC1. The van der Waals surface area contributed by atoms with Gasteiger partial charge in [-0.05, 0) is 49.0 Å². The maximum atomic E-state index is 12.4. The van der Waals surface area contributed by atoms with E-state index < -0.39 is 5.91 Å². The zero-order valence-electron chi connectivity index (χ0n) is 15.8. The summed E-state index contributed by atoms with van der Waals surface area (Å²) in [5.41, 5.74) is 7.25. The molecule has 1 aliphatic heterocycles. The molecule has 2 aliphatic rings. The summed E-state index contributed by atoms with van der Waals surface area (Å²) in [4.78, 5) is 25.3. The Kier molecular flexibility index (Phi) is 5.58. The van der Waals surface area contributed by atoms with Gasteiger partial charge in [-0.3, -0.25) is 10.1 Å². The standard InChI is InChI=1S/C19H29N3O3S/c1-19(2,3)11-4-6-12(7-5-11)21-18(24)22-17-15(16(20)23)13-8-9-25-10-14(13)26-17/h11-12H,4-10H2,1-3H3,(H2,20,23)(H2,21,22,24). The van der Waals surface area contributed by atoms with E-state index in [1.54, 1.807) is 0 Å². The number of rotatable bonds is 3. The Bertz CT molecular complexity index is 685. The minimum Gasteiger partial charge on any atom is -0.376 e. The fraction of sp³-hybridized carbons (Fsp3) is 0.684. The van der Waals surface area contributed by atoms with Crippen molar-refractivity contribution in [1.29, 1.82) is 0 Å². The second-order valence-corrected chi connectivity index (χ2v) is 9.49. The summed E-state index contributed by atoms with van der Waals surface area (Å²) in [7, 11) is 0. The van der Waals surface area contributed by atoms with Crippen LogP contribution in [0, 0.1) is 11.3 Å². The first-order chi connectivity index (χ1) is 12.3. The molecule has 1 aromatic heterocycles. The van der Waals surface area contributed by atoms with Crippen molar-refractivity contribution in [3.63, 3.8) is 0 Å². The van der Waals surface area contributed by atoms with Gasteiger partial charge in [0.25, 0.3) is 5.91 Å². The van der Waals surface area contributed by atoms with Gasteiger partial charge < -0.3 is 15.8 Å². The third-order valence-electron chi connectivity index (χ3n) is 5.58. The minimum absolute atomic E-state index is 0.184. The smallest absolute Gasteiger partial charge is 0.320 e. The van der Waals surface area contributed by atoms with E-state index in [2.05, 4.69) is 31.4 Å². The number of primary amides is 1. The number of carbonyl (C=O) groups excluding carboxylic acids is 2.